The molecule has 0 saturated carbocycles. The normalized spacial score (nSPS) is 12.5. The summed E-state index contributed by atoms with van der Waals surface area (Å²) < 4.78 is 0. The molecule has 0 radical (unpaired) electrons. The van der Waals surface area contributed by atoms with E-state index in [-0.39, 0.29) is 11.9 Å². The Hall–Kier alpha value is -1.99. The quantitative estimate of drug-likeness (QED) is 0.829. The third kappa shape index (κ3) is 3.99. The fourth-order valence-electron chi connectivity index (χ4n) is 1.69. The number of carboxylic acids is 1. The van der Waals surface area contributed by atoms with Crippen LogP contribution in [-0.4, -0.2) is 22.0 Å². The Kier molecular flexibility index (Phi) is 4.87. The molecule has 2 N–H and O–H groups in total. The average Bonchev–Trinajstić information content (AvgIpc) is 3.04. The van der Waals surface area contributed by atoms with Crippen molar-refractivity contribution in [1.29, 1.82) is 0 Å². The molecule has 7 heteroatoms. The smallest absolute Gasteiger partial charge is 0.328 e. The molecule has 0 spiro atoms. The van der Waals surface area contributed by atoms with E-state index in [9.17, 15) is 9.59 Å². The molecule has 1 unspecified atom stereocenters. The molecule has 1 amide bonds. The Bertz CT molecular complexity index is 688. The molecule has 0 aromatic carbocycles. The number of aliphatic carboxylic acids is 1. The van der Waals surface area contributed by atoms with E-state index in [4.69, 9.17) is 5.11 Å². The lowest BCUT2D eigenvalue weighted by Gasteiger charge is -2.10. The Morgan fingerprint density at radius 3 is 2.81 bits per heavy atom. The topological polar surface area (TPSA) is 79.3 Å². The maximum absolute atomic E-state index is 12.3. The maximum atomic E-state index is 12.3. The number of rotatable bonds is 5. The summed E-state index contributed by atoms with van der Waals surface area (Å²) in [6.07, 6.45) is 2.44. The van der Waals surface area contributed by atoms with Crippen molar-refractivity contribution >= 4 is 40.6 Å². The minimum Gasteiger partial charge on any atom is -0.478 e. The summed E-state index contributed by atoms with van der Waals surface area (Å²) in [5.74, 6) is -1.27. The van der Waals surface area contributed by atoms with E-state index >= 15 is 0 Å². The Labute approximate surface area is 130 Å². The molecule has 0 fully saturated rings. The molecule has 0 aliphatic carbocycles. The van der Waals surface area contributed by atoms with Gasteiger partial charge in [-0.15, -0.1) is 22.7 Å². The molecule has 21 heavy (non-hydrogen) atoms. The van der Waals surface area contributed by atoms with Crippen LogP contribution in [0, 0.1) is 6.92 Å². The number of nitrogens with zero attached hydrogens (tertiary/aromatic N) is 1. The van der Waals surface area contributed by atoms with Crippen molar-refractivity contribution in [2.24, 2.45) is 0 Å². The maximum Gasteiger partial charge on any atom is 0.328 e. The fraction of sp³-hybridized carbons (Fsp3) is 0.214. The number of thiophene rings is 1. The highest BCUT2D eigenvalue weighted by atomic mass is 32.1. The van der Waals surface area contributed by atoms with Gasteiger partial charge >= 0.3 is 5.97 Å². The average molecular weight is 322 g/mol. The molecule has 2 aromatic rings. The van der Waals surface area contributed by atoms with E-state index in [2.05, 4.69) is 10.3 Å². The van der Waals surface area contributed by atoms with Crippen LogP contribution in [0.4, 0.5) is 0 Å². The minimum absolute atomic E-state index is 0.186. The van der Waals surface area contributed by atoms with Crippen LogP contribution >= 0.6 is 22.7 Å². The predicted molar refractivity (Wildman–Crippen MR) is 83.7 cm³/mol. The zero-order valence-corrected chi connectivity index (χ0v) is 13.1. The van der Waals surface area contributed by atoms with Crippen LogP contribution < -0.4 is 5.32 Å². The summed E-state index contributed by atoms with van der Waals surface area (Å²) in [4.78, 5) is 27.6. The Morgan fingerprint density at radius 2 is 2.19 bits per heavy atom. The first-order valence-electron chi connectivity index (χ1n) is 6.18. The van der Waals surface area contributed by atoms with E-state index < -0.39 is 5.97 Å². The first-order chi connectivity index (χ1) is 9.97. The van der Waals surface area contributed by atoms with Gasteiger partial charge in [-0.25, -0.2) is 9.78 Å². The zero-order valence-electron chi connectivity index (χ0n) is 11.5. The number of aryl methyl sites for hydroxylation is 1. The minimum atomic E-state index is -1.04. The molecule has 0 aliphatic heterocycles. The third-order valence-corrected chi connectivity index (χ3v) is 4.74. The second-order valence-corrected chi connectivity index (χ2v) is 6.20. The number of amides is 1. The van der Waals surface area contributed by atoms with Gasteiger partial charge < -0.3 is 10.4 Å². The summed E-state index contributed by atoms with van der Waals surface area (Å²) in [6, 6.07) is 1.53. The summed E-state index contributed by atoms with van der Waals surface area (Å²) >= 11 is 2.78. The number of hydrogen-bond acceptors (Lipinski definition) is 5. The number of nitrogens with one attached hydrogen (secondary N) is 1. The Morgan fingerprint density at radius 1 is 1.43 bits per heavy atom. The van der Waals surface area contributed by atoms with Gasteiger partial charge in [0.2, 0.25) is 0 Å². The standard InChI is InChI=1S/C14H14N2O3S2/c1-8-7-21-14(15-8)9(2)16-13(19)12-10(5-6-20-12)3-4-11(17)18/h3-7,9H,1-2H3,(H,16,19)(H,17,18). The molecular weight excluding hydrogens is 308 g/mol. The summed E-state index contributed by atoms with van der Waals surface area (Å²) in [5.41, 5.74) is 1.53. The number of carbonyl (C=O) groups is 2. The number of thiazole rings is 1. The Balaban J connectivity index is 2.10. The summed E-state index contributed by atoms with van der Waals surface area (Å²) in [5, 5.41) is 16.1. The molecular formula is C14H14N2O3S2. The molecule has 2 aromatic heterocycles. The van der Waals surface area contributed by atoms with Crippen LogP contribution in [0.1, 0.15) is 38.9 Å². The summed E-state index contributed by atoms with van der Waals surface area (Å²) in [6.45, 7) is 3.78. The number of hydrogen-bond donors (Lipinski definition) is 2. The van der Waals surface area contributed by atoms with E-state index in [0.717, 1.165) is 16.8 Å². The van der Waals surface area contributed by atoms with Gasteiger partial charge in [-0.1, -0.05) is 0 Å². The van der Waals surface area contributed by atoms with Crippen LogP contribution in [0.2, 0.25) is 0 Å². The second kappa shape index (κ2) is 6.64. The molecule has 5 nitrogen and oxygen atoms in total. The van der Waals surface area contributed by atoms with Crippen molar-refractivity contribution in [3.05, 3.63) is 44.0 Å². The second-order valence-electron chi connectivity index (χ2n) is 4.40. The van der Waals surface area contributed by atoms with Crippen molar-refractivity contribution in [2.45, 2.75) is 19.9 Å². The molecule has 2 rings (SSSR count). The van der Waals surface area contributed by atoms with Crippen LogP contribution in [0.5, 0.6) is 0 Å². The fourth-order valence-corrected chi connectivity index (χ4v) is 3.28. The van der Waals surface area contributed by atoms with Gasteiger partial charge in [-0.05, 0) is 36.9 Å². The highest BCUT2D eigenvalue weighted by Crippen LogP contribution is 2.21. The van der Waals surface area contributed by atoms with E-state index in [1.807, 2.05) is 19.2 Å². The monoisotopic (exact) mass is 322 g/mol. The van der Waals surface area contributed by atoms with Gasteiger partial charge in [0.05, 0.1) is 10.9 Å². The molecule has 2 heterocycles. The first kappa shape index (κ1) is 15.4. The lowest BCUT2D eigenvalue weighted by molar-refractivity contribution is -0.131. The van der Waals surface area contributed by atoms with Crippen LogP contribution in [0.3, 0.4) is 0 Å². The van der Waals surface area contributed by atoms with E-state index in [0.29, 0.717) is 10.4 Å². The van der Waals surface area contributed by atoms with Crippen LogP contribution in [-0.2, 0) is 4.79 Å². The molecule has 0 bridgehead atoms. The highest BCUT2D eigenvalue weighted by molar-refractivity contribution is 7.12. The van der Waals surface area contributed by atoms with Gasteiger partial charge in [0, 0.05) is 17.2 Å². The van der Waals surface area contributed by atoms with Crippen molar-refractivity contribution < 1.29 is 14.7 Å². The van der Waals surface area contributed by atoms with Crippen molar-refractivity contribution in [3.8, 4) is 0 Å². The van der Waals surface area contributed by atoms with Gasteiger partial charge in [-0.2, -0.15) is 0 Å². The third-order valence-electron chi connectivity index (χ3n) is 2.66. The van der Waals surface area contributed by atoms with Crippen molar-refractivity contribution in [1.82, 2.24) is 10.3 Å². The largest absolute Gasteiger partial charge is 0.478 e. The van der Waals surface area contributed by atoms with Crippen LogP contribution in [0.25, 0.3) is 6.08 Å². The number of aromatic nitrogens is 1. The molecule has 110 valence electrons. The van der Waals surface area contributed by atoms with Crippen molar-refractivity contribution in [3.63, 3.8) is 0 Å². The van der Waals surface area contributed by atoms with Gasteiger partial charge in [0.15, 0.2) is 0 Å². The van der Waals surface area contributed by atoms with Gasteiger partial charge in [0.25, 0.3) is 5.91 Å². The SMILES string of the molecule is Cc1csc(C(C)NC(=O)c2sccc2C=CC(=O)O)n1. The molecule has 1 atom stereocenters. The van der Waals surface area contributed by atoms with E-state index in [1.165, 1.54) is 28.7 Å². The van der Waals surface area contributed by atoms with Crippen LogP contribution in [0.15, 0.2) is 22.9 Å². The van der Waals surface area contributed by atoms with E-state index in [1.54, 1.807) is 11.4 Å². The molecule has 0 saturated heterocycles. The van der Waals surface area contributed by atoms with Gasteiger partial charge in [-0.3, -0.25) is 4.79 Å². The lowest BCUT2D eigenvalue weighted by atomic mass is 10.2. The highest BCUT2D eigenvalue weighted by Gasteiger charge is 2.17. The zero-order chi connectivity index (χ0) is 15.4. The summed E-state index contributed by atoms with van der Waals surface area (Å²) in [7, 11) is 0. The first-order valence-corrected chi connectivity index (χ1v) is 7.94. The molecule has 0 aliphatic rings. The number of carboxylic acid groups (broad SMARTS) is 1. The predicted octanol–water partition coefficient (Wildman–Crippen LogP) is 3.10. The number of carbonyl (C=O) groups excluding carboxylic acids is 1. The van der Waals surface area contributed by atoms with Crippen molar-refractivity contribution in [2.75, 3.05) is 0 Å². The van der Waals surface area contributed by atoms with Gasteiger partial charge in [0.1, 0.15) is 5.01 Å². The lowest BCUT2D eigenvalue weighted by Crippen LogP contribution is -2.26.